The molecule has 0 radical (unpaired) electrons. The van der Waals surface area contributed by atoms with Crippen LogP contribution < -0.4 is 22.3 Å². The van der Waals surface area contributed by atoms with Gasteiger partial charge in [-0.3, -0.25) is 19.4 Å². The van der Waals surface area contributed by atoms with Gasteiger partial charge in [0.1, 0.15) is 18.1 Å². The van der Waals surface area contributed by atoms with Crippen molar-refractivity contribution in [1.82, 2.24) is 15.3 Å². The Morgan fingerprint density at radius 2 is 1.88 bits per heavy atom. The highest BCUT2D eigenvalue weighted by Crippen LogP contribution is 2.21. The smallest absolute Gasteiger partial charge is 0.326 e. The van der Waals surface area contributed by atoms with E-state index in [4.69, 9.17) is 16.2 Å². The van der Waals surface area contributed by atoms with Crippen LogP contribution in [0, 0.1) is 0 Å². The number of carboxylic acid groups (broad SMARTS) is 1. The number of esters is 1. The third-order valence-electron chi connectivity index (χ3n) is 5.09. The number of benzene rings is 1. The first-order valence-electron chi connectivity index (χ1n) is 10.5. The van der Waals surface area contributed by atoms with Crippen LogP contribution >= 0.6 is 0 Å². The Morgan fingerprint density at radius 1 is 1.21 bits per heavy atom. The van der Waals surface area contributed by atoms with Crippen molar-refractivity contribution in [3.05, 3.63) is 51.3 Å². The lowest BCUT2D eigenvalue weighted by molar-refractivity contribution is -0.144. The summed E-state index contributed by atoms with van der Waals surface area (Å²) in [5.74, 6) is -2.92. The van der Waals surface area contributed by atoms with Gasteiger partial charge in [-0.25, -0.2) is 4.79 Å². The van der Waals surface area contributed by atoms with Crippen LogP contribution in [-0.4, -0.2) is 51.9 Å². The monoisotopic (exact) mass is 473 g/mol. The first kappa shape index (κ1) is 26.0. The topological polar surface area (TPSA) is 208 Å². The molecule has 0 fully saturated rings. The number of amides is 1. The predicted octanol–water partition coefficient (Wildman–Crippen LogP) is 0.376. The summed E-state index contributed by atoms with van der Waals surface area (Å²) in [6, 6.07) is 4.95. The second kappa shape index (κ2) is 12.1. The number of aldehydes is 1. The van der Waals surface area contributed by atoms with Crippen molar-refractivity contribution in [2.45, 2.75) is 44.6 Å². The highest BCUT2D eigenvalue weighted by Gasteiger charge is 2.21. The molecule has 12 heteroatoms. The van der Waals surface area contributed by atoms with Crippen LogP contribution in [0.5, 0.6) is 0 Å². The number of carbonyl (C=O) groups excluding carboxylic acids is 3. The molecule has 0 spiro atoms. The third-order valence-corrected chi connectivity index (χ3v) is 5.09. The molecular formula is C22H27N5O7. The molecule has 1 aromatic heterocycles. The van der Waals surface area contributed by atoms with Gasteiger partial charge in [-0.15, -0.1) is 0 Å². The number of nitrogens with two attached hydrogens (primary N) is 2. The van der Waals surface area contributed by atoms with Crippen molar-refractivity contribution in [3.63, 3.8) is 0 Å². The van der Waals surface area contributed by atoms with E-state index in [1.807, 2.05) is 0 Å². The van der Waals surface area contributed by atoms with Crippen LogP contribution in [0.4, 0.5) is 11.8 Å². The van der Waals surface area contributed by atoms with Gasteiger partial charge in [0.15, 0.2) is 0 Å². The number of aromatic nitrogens is 2. The predicted molar refractivity (Wildman–Crippen MR) is 122 cm³/mol. The fourth-order valence-corrected chi connectivity index (χ4v) is 3.29. The fourth-order valence-electron chi connectivity index (χ4n) is 3.29. The minimum atomic E-state index is -1.26. The van der Waals surface area contributed by atoms with E-state index >= 15 is 0 Å². The summed E-state index contributed by atoms with van der Waals surface area (Å²) in [5, 5.41) is 11.6. The van der Waals surface area contributed by atoms with Crippen LogP contribution in [0.1, 0.15) is 53.6 Å². The Kier molecular flexibility index (Phi) is 9.29. The maximum absolute atomic E-state index is 12.4. The SMILES string of the molecule is CC(=O)OCCC(NC(=O)c1ccc(C(C=O)CCCc2c(N)nc(N)[nH]c2=O)cc1)C(=O)O. The molecule has 0 bridgehead atoms. The molecule has 1 amide bonds. The van der Waals surface area contributed by atoms with Crippen LogP contribution in [0.2, 0.25) is 0 Å². The minimum absolute atomic E-state index is 0.0480. The number of nitrogens with zero attached hydrogens (tertiary/aromatic N) is 1. The van der Waals surface area contributed by atoms with Gasteiger partial charge in [-0.2, -0.15) is 4.98 Å². The summed E-state index contributed by atoms with van der Waals surface area (Å²) in [7, 11) is 0. The van der Waals surface area contributed by atoms with E-state index in [9.17, 15) is 29.1 Å². The lowest BCUT2D eigenvalue weighted by Gasteiger charge is -2.15. The van der Waals surface area contributed by atoms with E-state index < -0.39 is 35.4 Å². The average Bonchev–Trinajstić information content (AvgIpc) is 2.77. The summed E-state index contributed by atoms with van der Waals surface area (Å²) in [6.45, 7) is 1.06. The minimum Gasteiger partial charge on any atom is -0.480 e. The summed E-state index contributed by atoms with van der Waals surface area (Å²) in [5.41, 5.74) is 11.9. The second-order valence-corrected chi connectivity index (χ2v) is 7.56. The number of hydrogen-bond acceptors (Lipinski definition) is 9. The summed E-state index contributed by atoms with van der Waals surface area (Å²) >= 11 is 0. The van der Waals surface area contributed by atoms with E-state index in [0.717, 1.165) is 6.29 Å². The quantitative estimate of drug-likeness (QED) is 0.211. The van der Waals surface area contributed by atoms with Crippen molar-refractivity contribution in [1.29, 1.82) is 0 Å². The van der Waals surface area contributed by atoms with E-state index in [1.165, 1.54) is 19.1 Å². The molecular weight excluding hydrogens is 446 g/mol. The summed E-state index contributed by atoms with van der Waals surface area (Å²) < 4.78 is 4.72. The molecule has 34 heavy (non-hydrogen) atoms. The fraction of sp³-hybridized carbons (Fsp3) is 0.364. The maximum Gasteiger partial charge on any atom is 0.326 e. The molecule has 0 aliphatic rings. The number of carboxylic acids is 1. The van der Waals surface area contributed by atoms with E-state index in [-0.39, 0.29) is 30.4 Å². The van der Waals surface area contributed by atoms with Gasteiger partial charge in [-0.1, -0.05) is 12.1 Å². The number of nitrogens with one attached hydrogen (secondary N) is 2. The maximum atomic E-state index is 12.4. The number of rotatable bonds is 12. The number of anilines is 2. The zero-order chi connectivity index (χ0) is 25.3. The third kappa shape index (κ3) is 7.43. The largest absolute Gasteiger partial charge is 0.480 e. The highest BCUT2D eigenvalue weighted by atomic mass is 16.5. The number of carbonyl (C=O) groups is 4. The number of nitrogen functional groups attached to an aromatic ring is 2. The van der Waals surface area contributed by atoms with Crippen molar-refractivity contribution < 1.29 is 29.0 Å². The van der Waals surface area contributed by atoms with Gasteiger partial charge in [0, 0.05) is 24.8 Å². The number of aromatic amines is 1. The van der Waals surface area contributed by atoms with Gasteiger partial charge in [0.2, 0.25) is 5.95 Å². The average molecular weight is 473 g/mol. The van der Waals surface area contributed by atoms with Gasteiger partial charge in [0.05, 0.1) is 12.2 Å². The molecule has 2 rings (SSSR count). The first-order valence-corrected chi connectivity index (χ1v) is 10.5. The van der Waals surface area contributed by atoms with Crippen LogP contribution in [0.15, 0.2) is 29.1 Å². The first-order chi connectivity index (χ1) is 16.1. The van der Waals surface area contributed by atoms with Crippen LogP contribution in [0.25, 0.3) is 0 Å². The molecule has 0 saturated heterocycles. The van der Waals surface area contributed by atoms with Crippen LogP contribution in [-0.2, 0) is 25.5 Å². The Balaban J connectivity index is 1.97. The molecule has 2 unspecified atom stereocenters. The number of hydrogen-bond donors (Lipinski definition) is 5. The number of H-pyrrole nitrogens is 1. The number of ether oxygens (including phenoxy) is 1. The van der Waals surface area contributed by atoms with E-state index in [2.05, 4.69) is 15.3 Å². The molecule has 1 aromatic carbocycles. The summed E-state index contributed by atoms with van der Waals surface area (Å²) in [4.78, 5) is 64.4. The van der Waals surface area contributed by atoms with Gasteiger partial charge in [-0.05, 0) is 37.0 Å². The standard InChI is InChI=1S/C22H27N5O7/c1-12(29)34-10-9-17(21(32)33)25-19(30)14-7-5-13(6-8-14)15(11-28)3-2-4-16-18(23)26-22(24)27-20(16)31/h5-8,11,15,17H,2-4,9-10H2,1H3,(H,25,30)(H,32,33)(H5,23,24,26,27,31). The Labute approximate surface area is 194 Å². The molecule has 0 saturated carbocycles. The highest BCUT2D eigenvalue weighted by molar-refractivity contribution is 5.96. The van der Waals surface area contributed by atoms with Gasteiger partial charge >= 0.3 is 11.9 Å². The van der Waals surface area contributed by atoms with Crippen molar-refractivity contribution in [2.75, 3.05) is 18.1 Å². The molecule has 0 aliphatic heterocycles. The van der Waals surface area contributed by atoms with Crippen LogP contribution in [0.3, 0.4) is 0 Å². The second-order valence-electron chi connectivity index (χ2n) is 7.56. The lowest BCUT2D eigenvalue weighted by atomic mass is 9.93. The van der Waals surface area contributed by atoms with Crippen molar-refractivity contribution in [2.24, 2.45) is 0 Å². The lowest BCUT2D eigenvalue weighted by Crippen LogP contribution is -2.41. The van der Waals surface area contributed by atoms with E-state index in [0.29, 0.717) is 30.4 Å². The Hall–Kier alpha value is -4.22. The molecule has 0 aliphatic carbocycles. The summed E-state index contributed by atoms with van der Waals surface area (Å²) in [6.07, 6.45) is 1.91. The normalized spacial score (nSPS) is 12.4. The Bertz CT molecular complexity index is 1100. The molecule has 1 heterocycles. The number of aliphatic carboxylic acids is 1. The van der Waals surface area contributed by atoms with Crippen molar-refractivity contribution in [3.8, 4) is 0 Å². The Morgan fingerprint density at radius 3 is 2.44 bits per heavy atom. The molecule has 2 aromatic rings. The van der Waals surface area contributed by atoms with E-state index in [1.54, 1.807) is 12.1 Å². The molecule has 7 N–H and O–H groups in total. The zero-order valence-corrected chi connectivity index (χ0v) is 18.6. The zero-order valence-electron chi connectivity index (χ0n) is 18.6. The molecule has 2 atom stereocenters. The van der Waals surface area contributed by atoms with Gasteiger partial charge in [0.25, 0.3) is 11.5 Å². The molecule has 182 valence electrons. The van der Waals surface area contributed by atoms with Crippen molar-refractivity contribution >= 4 is 35.9 Å². The van der Waals surface area contributed by atoms with Gasteiger partial charge < -0.3 is 31.4 Å². The molecule has 12 nitrogen and oxygen atoms in total.